The third kappa shape index (κ3) is 8.90. The van der Waals surface area contributed by atoms with E-state index < -0.39 is 63.4 Å². The van der Waals surface area contributed by atoms with E-state index in [0.29, 0.717) is 0 Å². The maximum Gasteiger partial charge on any atom is 0.429 e. The predicted molar refractivity (Wildman–Crippen MR) is 174 cm³/mol. The SMILES string of the molecule is COc1cccc(OC)c1-n1c(NS(=O)(=O)[C@@H](C)[C@H](C)c2ncc(F)c(CCOCCO)n2)nnc1-c1cccc(OCC(O)(C(F)(F)F)C(F)(F)F)n1. The first-order valence-electron chi connectivity index (χ1n) is 15.6. The van der Waals surface area contributed by atoms with Gasteiger partial charge in [0.1, 0.15) is 35.3 Å². The van der Waals surface area contributed by atoms with Crippen LogP contribution in [0.4, 0.5) is 36.7 Å². The number of nitrogens with zero attached hydrogens (tertiary/aromatic N) is 6. The first-order valence-corrected chi connectivity index (χ1v) is 17.2. The molecule has 23 heteroatoms. The minimum atomic E-state index is -6.16. The first-order chi connectivity index (χ1) is 25.3. The molecule has 2 atom stereocenters. The molecule has 0 aliphatic carbocycles. The summed E-state index contributed by atoms with van der Waals surface area (Å²) in [5.74, 6) is -3.21. The number of pyridine rings is 1. The summed E-state index contributed by atoms with van der Waals surface area (Å²) in [6.07, 6.45) is -11.4. The van der Waals surface area contributed by atoms with Gasteiger partial charge < -0.3 is 29.2 Å². The molecule has 3 aromatic heterocycles. The molecule has 15 nitrogen and oxygen atoms in total. The topological polar surface area (TPSA) is 193 Å². The minimum Gasteiger partial charge on any atom is -0.494 e. The largest absolute Gasteiger partial charge is 0.494 e. The monoisotopic (exact) mass is 797 g/mol. The van der Waals surface area contributed by atoms with Crippen molar-refractivity contribution in [2.45, 2.75) is 49.4 Å². The Balaban J connectivity index is 1.75. The van der Waals surface area contributed by atoms with Crippen LogP contribution in [0.3, 0.4) is 0 Å². The molecule has 0 saturated carbocycles. The van der Waals surface area contributed by atoms with E-state index in [4.69, 9.17) is 19.3 Å². The highest BCUT2D eigenvalue weighted by atomic mass is 32.2. The van der Waals surface area contributed by atoms with E-state index in [-0.39, 0.29) is 66.5 Å². The van der Waals surface area contributed by atoms with Gasteiger partial charge in [-0.25, -0.2) is 27.8 Å². The van der Waals surface area contributed by atoms with E-state index in [9.17, 15) is 44.3 Å². The van der Waals surface area contributed by atoms with Crippen molar-refractivity contribution >= 4 is 16.0 Å². The molecule has 0 bridgehead atoms. The molecular formula is C31H34F7N7O8S. The van der Waals surface area contributed by atoms with E-state index in [2.05, 4.69) is 34.6 Å². The summed E-state index contributed by atoms with van der Waals surface area (Å²) in [4.78, 5) is 12.1. The second kappa shape index (κ2) is 16.7. The van der Waals surface area contributed by atoms with Gasteiger partial charge in [0.15, 0.2) is 11.6 Å². The van der Waals surface area contributed by atoms with Crippen molar-refractivity contribution < 1.29 is 68.3 Å². The lowest BCUT2D eigenvalue weighted by atomic mass is 10.0. The summed E-state index contributed by atoms with van der Waals surface area (Å²) in [7, 11) is -1.92. The van der Waals surface area contributed by atoms with Crippen molar-refractivity contribution in [2.24, 2.45) is 0 Å². The van der Waals surface area contributed by atoms with Gasteiger partial charge in [0.2, 0.25) is 21.9 Å². The number of halogens is 7. The lowest BCUT2D eigenvalue weighted by Gasteiger charge is -2.31. The van der Waals surface area contributed by atoms with Gasteiger partial charge in [0, 0.05) is 18.4 Å². The highest BCUT2D eigenvalue weighted by Gasteiger charge is 2.71. The average Bonchev–Trinajstić information content (AvgIpc) is 3.53. The van der Waals surface area contributed by atoms with Gasteiger partial charge in [-0.05, 0) is 25.1 Å². The molecule has 4 aromatic rings. The van der Waals surface area contributed by atoms with Crippen molar-refractivity contribution in [1.29, 1.82) is 0 Å². The van der Waals surface area contributed by atoms with Crippen LogP contribution >= 0.6 is 0 Å². The number of hydrogen-bond acceptors (Lipinski definition) is 13. The highest BCUT2D eigenvalue weighted by Crippen LogP contribution is 2.43. The number of aliphatic hydroxyl groups is 2. The van der Waals surface area contributed by atoms with Crippen LogP contribution in [0.5, 0.6) is 17.4 Å². The molecule has 54 heavy (non-hydrogen) atoms. The summed E-state index contributed by atoms with van der Waals surface area (Å²) in [6.45, 7) is 0.302. The normalized spacial score (nSPS) is 13.7. The van der Waals surface area contributed by atoms with Gasteiger partial charge in [-0.1, -0.05) is 19.1 Å². The second-order valence-corrected chi connectivity index (χ2v) is 13.5. The smallest absolute Gasteiger partial charge is 0.429 e. The number of alkyl halides is 6. The fourth-order valence-corrected chi connectivity index (χ4v) is 5.98. The van der Waals surface area contributed by atoms with Crippen molar-refractivity contribution in [3.05, 3.63) is 59.9 Å². The molecule has 0 aliphatic heterocycles. The molecule has 4 rings (SSSR count). The molecule has 0 aliphatic rings. The Morgan fingerprint density at radius 3 is 2.15 bits per heavy atom. The zero-order valence-corrected chi connectivity index (χ0v) is 29.6. The molecule has 0 saturated heterocycles. The maximum atomic E-state index is 14.4. The Labute approximate surface area is 303 Å². The summed E-state index contributed by atoms with van der Waals surface area (Å²) >= 11 is 0. The van der Waals surface area contributed by atoms with Crippen molar-refractivity contribution in [3.8, 4) is 34.6 Å². The Bertz CT molecular complexity index is 1980. The molecule has 3 N–H and O–H groups in total. The number of para-hydroxylation sites is 1. The molecular weight excluding hydrogens is 763 g/mol. The number of anilines is 1. The average molecular weight is 798 g/mol. The third-order valence-corrected chi connectivity index (χ3v) is 9.85. The van der Waals surface area contributed by atoms with Gasteiger partial charge >= 0.3 is 12.4 Å². The molecule has 0 fully saturated rings. The van der Waals surface area contributed by atoms with E-state index in [1.165, 1.54) is 52.3 Å². The van der Waals surface area contributed by atoms with Crippen LogP contribution < -0.4 is 18.9 Å². The molecule has 3 heterocycles. The third-order valence-electron chi connectivity index (χ3n) is 8.00. The lowest BCUT2D eigenvalue weighted by Crippen LogP contribution is -2.60. The molecule has 0 spiro atoms. The van der Waals surface area contributed by atoms with Gasteiger partial charge in [-0.2, -0.15) is 26.3 Å². The van der Waals surface area contributed by atoms with Gasteiger partial charge in [0.05, 0.1) is 51.2 Å². The van der Waals surface area contributed by atoms with Crippen LogP contribution in [-0.2, 0) is 21.2 Å². The number of methoxy groups -OCH3 is 2. The molecule has 0 radical (unpaired) electrons. The van der Waals surface area contributed by atoms with Crippen molar-refractivity contribution in [1.82, 2.24) is 29.7 Å². The molecule has 1 aromatic carbocycles. The Kier molecular flexibility index (Phi) is 12.9. The van der Waals surface area contributed by atoms with Crippen LogP contribution in [0, 0.1) is 5.82 Å². The first kappa shape index (κ1) is 41.9. The Hall–Kier alpha value is -4.87. The minimum absolute atomic E-state index is 0.00584. The number of nitrogens with one attached hydrogen (secondary N) is 1. The number of benzene rings is 1. The van der Waals surface area contributed by atoms with E-state index in [0.717, 1.165) is 22.9 Å². The summed E-state index contributed by atoms with van der Waals surface area (Å²) in [6, 6.07) is 7.73. The van der Waals surface area contributed by atoms with E-state index in [1.807, 2.05) is 0 Å². The zero-order valence-electron chi connectivity index (χ0n) is 28.8. The van der Waals surface area contributed by atoms with Gasteiger partial charge in [0.25, 0.3) is 5.60 Å². The van der Waals surface area contributed by atoms with Crippen LogP contribution in [0.15, 0.2) is 42.6 Å². The molecule has 296 valence electrons. The van der Waals surface area contributed by atoms with Gasteiger partial charge in [-0.3, -0.25) is 9.29 Å². The second-order valence-electron chi connectivity index (χ2n) is 11.4. The number of aliphatic hydroxyl groups excluding tert-OH is 1. The van der Waals surface area contributed by atoms with Crippen molar-refractivity contribution in [3.63, 3.8) is 0 Å². The zero-order chi connectivity index (χ0) is 40.1. The van der Waals surface area contributed by atoms with E-state index >= 15 is 0 Å². The standard InChI is InChI=1S/C31H34F7N7O8S/c1-17(26-39-15-19(32)20(41-26)11-13-52-14-12-46)18(2)54(48,49)44-28-43-42-27(45(28)25-22(50-3)8-6-9-23(25)51-4)21-7-5-10-24(40-21)53-16-29(47,30(33,34)35)31(36,37)38/h5-10,15,17-18,46-47H,11-14,16H2,1-4H3,(H,43,44)/t17-,18-/m0/s1. The maximum absolute atomic E-state index is 14.4. The Morgan fingerprint density at radius 1 is 0.926 bits per heavy atom. The van der Waals surface area contributed by atoms with E-state index in [1.54, 1.807) is 0 Å². The number of hydrogen-bond donors (Lipinski definition) is 3. The lowest BCUT2D eigenvalue weighted by molar-refractivity contribution is -0.373. The highest BCUT2D eigenvalue weighted by molar-refractivity contribution is 7.93. The Morgan fingerprint density at radius 2 is 1.56 bits per heavy atom. The van der Waals surface area contributed by atoms with Crippen LogP contribution in [0.2, 0.25) is 0 Å². The molecule has 0 amide bonds. The van der Waals surface area contributed by atoms with Gasteiger partial charge in [-0.15, -0.1) is 10.2 Å². The summed E-state index contributed by atoms with van der Waals surface area (Å²) in [5.41, 5.74) is -5.59. The quantitative estimate of drug-likeness (QED) is 0.103. The number of rotatable bonds is 17. The molecule has 0 unspecified atom stereocenters. The fourth-order valence-electron chi connectivity index (χ4n) is 4.75. The van der Waals surface area contributed by atoms with Crippen molar-refractivity contribution in [2.75, 3.05) is 45.4 Å². The number of ether oxygens (including phenoxy) is 4. The summed E-state index contributed by atoms with van der Waals surface area (Å²) in [5, 5.41) is 25.0. The number of aromatic nitrogens is 6. The number of sulfonamides is 1. The van der Waals surface area contributed by atoms with Crippen LogP contribution in [0.1, 0.15) is 31.3 Å². The predicted octanol–water partition coefficient (Wildman–Crippen LogP) is 4.00. The fraction of sp³-hybridized carbons (Fsp3) is 0.452. The van der Waals surface area contributed by atoms with Crippen LogP contribution in [-0.4, -0.2) is 112 Å². The van der Waals surface area contributed by atoms with Crippen LogP contribution in [0.25, 0.3) is 17.2 Å². The summed E-state index contributed by atoms with van der Waals surface area (Å²) < 4.78 is 146.